The van der Waals surface area contributed by atoms with Crippen molar-refractivity contribution in [3.8, 4) is 0 Å². The van der Waals surface area contributed by atoms with E-state index in [1.807, 2.05) is 13.0 Å². The summed E-state index contributed by atoms with van der Waals surface area (Å²) < 4.78 is 32.6. The molecule has 1 unspecified atom stereocenters. The Morgan fingerprint density at radius 2 is 1.88 bits per heavy atom. The minimum absolute atomic E-state index is 0.127. The number of carbonyl (C=O) groups excluding carboxylic acids is 2. The van der Waals surface area contributed by atoms with E-state index in [2.05, 4.69) is 5.32 Å². The minimum atomic E-state index is -2.70. The fourth-order valence-electron chi connectivity index (χ4n) is 4.46. The summed E-state index contributed by atoms with van der Waals surface area (Å²) in [6.45, 7) is 3.55. The second kappa shape index (κ2) is 9.11. The number of anilines is 2. The van der Waals surface area contributed by atoms with E-state index in [1.54, 1.807) is 23.2 Å². The summed E-state index contributed by atoms with van der Waals surface area (Å²) in [5, 5.41) is 11.1. The van der Waals surface area contributed by atoms with E-state index in [-0.39, 0.29) is 44.2 Å². The highest BCUT2D eigenvalue weighted by Gasteiger charge is 2.39. The van der Waals surface area contributed by atoms with E-state index in [1.165, 1.54) is 18.0 Å². The number of amides is 2. The van der Waals surface area contributed by atoms with Crippen LogP contribution in [0.3, 0.4) is 0 Å². The smallest absolute Gasteiger partial charge is 0.414 e. The first-order valence-corrected chi connectivity index (χ1v) is 11.5. The Morgan fingerprint density at radius 3 is 2.48 bits per heavy atom. The first kappa shape index (κ1) is 23.2. The van der Waals surface area contributed by atoms with Gasteiger partial charge in [0.1, 0.15) is 6.10 Å². The molecule has 2 saturated carbocycles. The molecule has 3 aliphatic rings. The van der Waals surface area contributed by atoms with Gasteiger partial charge in [0, 0.05) is 50.3 Å². The third kappa shape index (κ3) is 5.17. The summed E-state index contributed by atoms with van der Waals surface area (Å²) >= 11 is 0. The summed E-state index contributed by atoms with van der Waals surface area (Å²) in [5.41, 5.74) is 2.47. The molecule has 33 heavy (non-hydrogen) atoms. The summed E-state index contributed by atoms with van der Waals surface area (Å²) in [4.78, 5) is 28.6. The molecule has 9 heteroatoms. The molecule has 178 valence electrons. The molecule has 0 spiro atoms. The highest BCUT2D eigenvalue weighted by atomic mass is 19.3. The zero-order valence-electron chi connectivity index (χ0n) is 18.9. The Kier molecular flexibility index (Phi) is 6.41. The molecule has 7 nitrogen and oxygen atoms in total. The SMILES string of the molecule is CC(=O)N1c2ccc(/C(C=N)=C/NC3CC3)cc2N(C(=O)OC2CCC(F)(F)CC2)CC1C. The molecule has 2 N–H and O–H groups in total. The van der Waals surface area contributed by atoms with Crippen LogP contribution in [0.15, 0.2) is 24.4 Å². The molecular formula is C24H30F2N4O3. The Bertz CT molecular complexity index is 966. The van der Waals surface area contributed by atoms with Crippen molar-refractivity contribution in [1.82, 2.24) is 5.32 Å². The van der Waals surface area contributed by atoms with Gasteiger partial charge in [-0.3, -0.25) is 9.69 Å². The Labute approximate surface area is 192 Å². The van der Waals surface area contributed by atoms with E-state index in [4.69, 9.17) is 10.1 Å². The third-order valence-corrected chi connectivity index (χ3v) is 6.45. The first-order chi connectivity index (χ1) is 15.7. The summed E-state index contributed by atoms with van der Waals surface area (Å²) in [6.07, 6.45) is 3.77. The van der Waals surface area contributed by atoms with E-state index in [0.717, 1.165) is 18.4 Å². The van der Waals surface area contributed by atoms with Gasteiger partial charge in [-0.15, -0.1) is 0 Å². The molecule has 2 aliphatic carbocycles. The topological polar surface area (TPSA) is 85.7 Å². The lowest BCUT2D eigenvalue weighted by molar-refractivity contribution is -0.117. The highest BCUT2D eigenvalue weighted by Crippen LogP contribution is 2.39. The number of fused-ring (bicyclic) bond motifs is 1. The van der Waals surface area contributed by atoms with Crippen molar-refractivity contribution in [2.75, 3.05) is 16.3 Å². The van der Waals surface area contributed by atoms with Gasteiger partial charge in [-0.05, 0) is 50.3 Å². The van der Waals surface area contributed by atoms with Crippen LogP contribution in [0.4, 0.5) is 25.0 Å². The van der Waals surface area contributed by atoms with Gasteiger partial charge in [-0.2, -0.15) is 0 Å². The van der Waals surface area contributed by atoms with Crippen LogP contribution in [0, 0.1) is 5.41 Å². The lowest BCUT2D eigenvalue weighted by atomic mass is 9.94. The lowest BCUT2D eigenvalue weighted by Gasteiger charge is -2.41. The number of hydrogen-bond acceptors (Lipinski definition) is 5. The minimum Gasteiger partial charge on any atom is -0.446 e. The number of hydrogen-bond donors (Lipinski definition) is 2. The molecule has 4 rings (SSSR count). The fourth-order valence-corrected chi connectivity index (χ4v) is 4.46. The van der Waals surface area contributed by atoms with Crippen LogP contribution in [-0.4, -0.2) is 48.9 Å². The largest absolute Gasteiger partial charge is 0.446 e. The number of ether oxygens (including phenoxy) is 1. The van der Waals surface area contributed by atoms with Crippen molar-refractivity contribution in [2.24, 2.45) is 0 Å². The standard InChI is InChI=1S/C24H30F2N4O3/c1-15-14-29(23(32)33-20-7-9-24(25,26)10-8-20)22-11-17(3-6-21(22)30(15)16(2)31)18(12-27)13-28-19-4-5-19/h3,6,11-13,15,19-20,27-28H,4-5,7-10,14H2,1-2H3/b18-13+,27-12?. The lowest BCUT2D eigenvalue weighted by Crippen LogP contribution is -2.52. The van der Waals surface area contributed by atoms with Gasteiger partial charge in [-0.1, -0.05) is 6.07 Å². The number of benzene rings is 1. The Hall–Kier alpha value is -2.97. The van der Waals surface area contributed by atoms with Crippen LogP contribution in [0.25, 0.3) is 5.57 Å². The maximum Gasteiger partial charge on any atom is 0.414 e. The number of nitrogens with one attached hydrogen (secondary N) is 2. The van der Waals surface area contributed by atoms with E-state index >= 15 is 0 Å². The molecule has 1 aliphatic heterocycles. The summed E-state index contributed by atoms with van der Waals surface area (Å²) in [6, 6.07) is 5.53. The van der Waals surface area contributed by atoms with Crippen molar-refractivity contribution in [2.45, 2.75) is 76.5 Å². The second-order valence-electron chi connectivity index (χ2n) is 9.18. The van der Waals surface area contributed by atoms with E-state index in [0.29, 0.717) is 23.0 Å². The second-order valence-corrected chi connectivity index (χ2v) is 9.18. The average Bonchev–Trinajstić information content (AvgIpc) is 3.59. The van der Waals surface area contributed by atoms with Crippen molar-refractivity contribution in [1.29, 1.82) is 5.41 Å². The van der Waals surface area contributed by atoms with E-state index in [9.17, 15) is 18.4 Å². The van der Waals surface area contributed by atoms with Crippen molar-refractivity contribution < 1.29 is 23.1 Å². The quantitative estimate of drug-likeness (QED) is 0.624. The Balaban J connectivity index is 1.62. The maximum absolute atomic E-state index is 13.5. The van der Waals surface area contributed by atoms with E-state index < -0.39 is 18.1 Å². The van der Waals surface area contributed by atoms with Crippen LogP contribution in [0.2, 0.25) is 0 Å². The zero-order valence-corrected chi connectivity index (χ0v) is 18.9. The maximum atomic E-state index is 13.5. The molecule has 2 amide bonds. The summed E-state index contributed by atoms with van der Waals surface area (Å²) in [7, 11) is 0. The number of rotatable bonds is 5. The van der Waals surface area contributed by atoms with Crippen LogP contribution >= 0.6 is 0 Å². The van der Waals surface area contributed by atoms with Gasteiger partial charge in [0.25, 0.3) is 0 Å². The highest BCUT2D eigenvalue weighted by molar-refractivity contribution is 6.10. The van der Waals surface area contributed by atoms with Gasteiger partial charge < -0.3 is 20.4 Å². The number of nitrogens with zero attached hydrogens (tertiary/aromatic N) is 2. The Morgan fingerprint density at radius 1 is 1.18 bits per heavy atom. The van der Waals surface area contributed by atoms with Gasteiger partial charge in [0.05, 0.1) is 17.4 Å². The van der Waals surface area contributed by atoms with Crippen LogP contribution in [0.5, 0.6) is 0 Å². The predicted molar refractivity (Wildman–Crippen MR) is 123 cm³/mol. The molecule has 0 radical (unpaired) electrons. The predicted octanol–water partition coefficient (Wildman–Crippen LogP) is 4.70. The van der Waals surface area contributed by atoms with Crippen molar-refractivity contribution in [3.05, 3.63) is 30.0 Å². The number of alkyl halides is 2. The molecule has 2 fully saturated rings. The number of allylic oxidation sites excluding steroid dienone is 1. The zero-order chi connectivity index (χ0) is 23.8. The van der Waals surface area contributed by atoms with Gasteiger partial charge in [-0.25, -0.2) is 13.6 Å². The first-order valence-electron chi connectivity index (χ1n) is 11.5. The monoisotopic (exact) mass is 460 g/mol. The van der Waals surface area contributed by atoms with Gasteiger partial charge in [0.15, 0.2) is 0 Å². The molecule has 1 heterocycles. The molecule has 0 saturated heterocycles. The molecular weight excluding hydrogens is 430 g/mol. The fraction of sp³-hybridized carbons (Fsp3) is 0.542. The van der Waals surface area contributed by atoms with Crippen molar-refractivity contribution in [3.63, 3.8) is 0 Å². The molecule has 0 aromatic heterocycles. The van der Waals surface area contributed by atoms with Crippen LogP contribution < -0.4 is 15.1 Å². The normalized spacial score (nSPS) is 23.0. The molecule has 1 aromatic carbocycles. The van der Waals surface area contributed by atoms with Crippen LogP contribution in [-0.2, 0) is 9.53 Å². The molecule has 1 aromatic rings. The van der Waals surface area contributed by atoms with Crippen LogP contribution in [0.1, 0.15) is 57.9 Å². The number of carbonyl (C=O) groups is 2. The average molecular weight is 461 g/mol. The summed E-state index contributed by atoms with van der Waals surface area (Å²) in [5.74, 6) is -2.84. The molecule has 1 atom stereocenters. The van der Waals surface area contributed by atoms with Gasteiger partial charge >= 0.3 is 6.09 Å². The third-order valence-electron chi connectivity index (χ3n) is 6.45. The number of halogens is 2. The van der Waals surface area contributed by atoms with Crippen molar-refractivity contribution >= 4 is 35.2 Å². The van der Waals surface area contributed by atoms with Gasteiger partial charge in [0.2, 0.25) is 11.8 Å². The molecule has 0 bridgehead atoms.